The molecule has 3 aromatic rings. The number of aryl methyl sites for hydroxylation is 1. The van der Waals surface area contributed by atoms with Gasteiger partial charge in [-0.15, -0.1) is 0 Å². The Morgan fingerprint density at radius 2 is 1.92 bits per heavy atom. The van der Waals surface area contributed by atoms with Crippen LogP contribution in [0.15, 0.2) is 59.7 Å². The van der Waals surface area contributed by atoms with Gasteiger partial charge >= 0.3 is 0 Å². The van der Waals surface area contributed by atoms with E-state index in [1.165, 1.54) is 10.9 Å². The Morgan fingerprint density at radius 1 is 1.17 bits per heavy atom. The first kappa shape index (κ1) is 15.8. The van der Waals surface area contributed by atoms with Gasteiger partial charge in [-0.2, -0.15) is 0 Å². The number of fused-ring (bicyclic) bond motifs is 1. The average Bonchev–Trinajstić information content (AvgIpc) is 2.99. The van der Waals surface area contributed by atoms with E-state index in [1.807, 2.05) is 43.5 Å². The number of aromatic nitrogens is 1. The summed E-state index contributed by atoms with van der Waals surface area (Å²) >= 11 is 0. The molecule has 4 N–H and O–H groups in total. The van der Waals surface area contributed by atoms with E-state index < -0.39 is 0 Å². The third-order valence-electron chi connectivity index (χ3n) is 3.89. The number of H-pyrrole nitrogens is 1. The van der Waals surface area contributed by atoms with Gasteiger partial charge < -0.3 is 10.7 Å². The van der Waals surface area contributed by atoms with Crippen LogP contribution in [0.3, 0.4) is 0 Å². The van der Waals surface area contributed by atoms with Gasteiger partial charge in [-0.25, -0.2) is 0 Å². The molecule has 0 spiro atoms. The van der Waals surface area contributed by atoms with Gasteiger partial charge in [-0.1, -0.05) is 35.9 Å². The average molecular weight is 320 g/mol. The lowest BCUT2D eigenvalue weighted by Gasteiger charge is -2.05. The molecule has 0 aliphatic carbocycles. The highest BCUT2D eigenvalue weighted by atomic mass is 16.1. The molecule has 5 nitrogen and oxygen atoms in total. The standard InChI is InChI=1S/C19H20N4O/c1-13-6-8-14(9-7-13)18(24)23-19(20)21-11-10-15-12-22-17-5-3-2-4-16(15)17/h2-9,12,22H,10-11H2,1H3,(H3,20,21,23,24). The molecule has 1 amide bonds. The number of nitrogens with one attached hydrogen (secondary N) is 2. The molecule has 0 aliphatic rings. The van der Waals surface area contributed by atoms with E-state index in [0.29, 0.717) is 12.1 Å². The smallest absolute Gasteiger partial charge is 0.257 e. The van der Waals surface area contributed by atoms with Crippen LogP contribution in [0.5, 0.6) is 0 Å². The van der Waals surface area contributed by atoms with Crippen molar-refractivity contribution >= 4 is 22.8 Å². The highest BCUT2D eigenvalue weighted by Crippen LogP contribution is 2.17. The summed E-state index contributed by atoms with van der Waals surface area (Å²) in [5.74, 6) is -0.108. The van der Waals surface area contributed by atoms with E-state index in [1.54, 1.807) is 12.1 Å². The molecule has 0 fully saturated rings. The molecule has 0 radical (unpaired) electrons. The van der Waals surface area contributed by atoms with E-state index >= 15 is 0 Å². The van der Waals surface area contributed by atoms with Crippen LogP contribution in [0, 0.1) is 6.92 Å². The number of carbonyl (C=O) groups excluding carboxylic acids is 1. The van der Waals surface area contributed by atoms with Gasteiger partial charge in [0.05, 0.1) is 0 Å². The fourth-order valence-electron chi connectivity index (χ4n) is 2.57. The zero-order valence-electron chi connectivity index (χ0n) is 13.5. The molecule has 5 heteroatoms. The highest BCUT2D eigenvalue weighted by Gasteiger charge is 2.06. The lowest BCUT2D eigenvalue weighted by Crippen LogP contribution is -2.37. The number of para-hydroxylation sites is 1. The number of benzene rings is 2. The lowest BCUT2D eigenvalue weighted by atomic mass is 10.1. The number of hydrogen-bond donors (Lipinski definition) is 3. The third-order valence-corrected chi connectivity index (χ3v) is 3.89. The van der Waals surface area contributed by atoms with E-state index in [9.17, 15) is 4.79 Å². The van der Waals surface area contributed by atoms with Gasteiger partial charge in [0.2, 0.25) is 0 Å². The molecule has 0 bridgehead atoms. The number of aromatic amines is 1. The number of aliphatic imine (C=N–C) groups is 1. The molecule has 0 saturated heterocycles. The maximum absolute atomic E-state index is 12.1. The summed E-state index contributed by atoms with van der Waals surface area (Å²) < 4.78 is 0. The van der Waals surface area contributed by atoms with E-state index in [4.69, 9.17) is 5.73 Å². The second-order valence-corrected chi connectivity index (χ2v) is 5.70. The van der Waals surface area contributed by atoms with Crippen LogP contribution in [-0.2, 0) is 6.42 Å². The van der Waals surface area contributed by atoms with Crippen molar-refractivity contribution in [3.63, 3.8) is 0 Å². The number of carbonyl (C=O) groups is 1. The fraction of sp³-hybridized carbons (Fsp3) is 0.158. The molecule has 1 aromatic heterocycles. The van der Waals surface area contributed by atoms with E-state index in [0.717, 1.165) is 17.5 Å². The Hall–Kier alpha value is -3.08. The van der Waals surface area contributed by atoms with Crippen LogP contribution in [0.1, 0.15) is 21.5 Å². The van der Waals surface area contributed by atoms with Crippen LogP contribution < -0.4 is 11.1 Å². The second-order valence-electron chi connectivity index (χ2n) is 5.70. The van der Waals surface area contributed by atoms with E-state index in [2.05, 4.69) is 21.4 Å². The molecule has 0 aliphatic heterocycles. The predicted molar refractivity (Wildman–Crippen MR) is 97.1 cm³/mol. The van der Waals surface area contributed by atoms with Crippen molar-refractivity contribution < 1.29 is 4.79 Å². The number of amides is 1. The summed E-state index contributed by atoms with van der Waals surface area (Å²) in [6.07, 6.45) is 2.74. The number of hydrogen-bond acceptors (Lipinski definition) is 2. The van der Waals surface area contributed by atoms with Gasteiger partial charge in [0.25, 0.3) is 5.91 Å². The van der Waals surface area contributed by atoms with Crippen molar-refractivity contribution in [2.75, 3.05) is 6.54 Å². The Bertz CT molecular complexity index is 878. The minimum absolute atomic E-state index is 0.139. The summed E-state index contributed by atoms with van der Waals surface area (Å²) in [5.41, 5.74) is 9.77. The minimum atomic E-state index is -0.247. The van der Waals surface area contributed by atoms with E-state index in [-0.39, 0.29) is 11.9 Å². The van der Waals surface area contributed by atoms with Gasteiger partial charge in [-0.3, -0.25) is 15.1 Å². The number of guanidine groups is 1. The topological polar surface area (TPSA) is 83.3 Å². The van der Waals surface area contributed by atoms with Gasteiger partial charge in [-0.05, 0) is 37.1 Å². The molecule has 0 saturated carbocycles. The third kappa shape index (κ3) is 3.63. The van der Waals surface area contributed by atoms with Crippen LogP contribution in [0.2, 0.25) is 0 Å². The molecule has 1 heterocycles. The van der Waals surface area contributed by atoms with Crippen molar-refractivity contribution in [3.8, 4) is 0 Å². The van der Waals surface area contributed by atoms with Crippen LogP contribution in [-0.4, -0.2) is 23.4 Å². The van der Waals surface area contributed by atoms with Crippen molar-refractivity contribution in [2.45, 2.75) is 13.3 Å². The molecule has 0 unspecified atom stereocenters. The van der Waals surface area contributed by atoms with Gasteiger partial charge in [0, 0.05) is 29.2 Å². The first-order chi connectivity index (χ1) is 11.6. The van der Waals surface area contributed by atoms with Crippen LogP contribution in [0.25, 0.3) is 10.9 Å². The molecular formula is C19H20N4O. The maximum Gasteiger partial charge on any atom is 0.257 e. The Balaban J connectivity index is 1.58. The Labute approximate surface area is 140 Å². The molecule has 0 atom stereocenters. The zero-order chi connectivity index (χ0) is 16.9. The summed E-state index contributed by atoms with van der Waals surface area (Å²) in [5, 5.41) is 3.80. The van der Waals surface area contributed by atoms with Gasteiger partial charge in [0.15, 0.2) is 5.96 Å². The quantitative estimate of drug-likeness (QED) is 0.510. The lowest BCUT2D eigenvalue weighted by molar-refractivity contribution is 0.0976. The maximum atomic E-state index is 12.1. The van der Waals surface area contributed by atoms with Crippen molar-refractivity contribution in [3.05, 3.63) is 71.4 Å². The summed E-state index contributed by atoms with van der Waals surface area (Å²) in [6, 6.07) is 15.4. The number of nitrogens with zero attached hydrogens (tertiary/aromatic N) is 1. The zero-order valence-corrected chi connectivity index (χ0v) is 13.5. The van der Waals surface area contributed by atoms with Gasteiger partial charge in [0.1, 0.15) is 0 Å². The van der Waals surface area contributed by atoms with Crippen LogP contribution in [0.4, 0.5) is 0 Å². The van der Waals surface area contributed by atoms with Crippen LogP contribution >= 0.6 is 0 Å². The second kappa shape index (κ2) is 7.00. The first-order valence-electron chi connectivity index (χ1n) is 7.86. The predicted octanol–water partition coefficient (Wildman–Crippen LogP) is 2.76. The molecule has 3 rings (SSSR count). The first-order valence-corrected chi connectivity index (χ1v) is 7.86. The number of nitrogens with two attached hydrogens (primary N) is 1. The normalized spacial score (nSPS) is 11.6. The molecule has 24 heavy (non-hydrogen) atoms. The van der Waals surface area contributed by atoms with Crippen molar-refractivity contribution in [1.29, 1.82) is 0 Å². The monoisotopic (exact) mass is 320 g/mol. The fourth-order valence-corrected chi connectivity index (χ4v) is 2.57. The van der Waals surface area contributed by atoms with Crippen molar-refractivity contribution in [2.24, 2.45) is 10.7 Å². The van der Waals surface area contributed by atoms with Crippen molar-refractivity contribution in [1.82, 2.24) is 10.3 Å². The summed E-state index contributed by atoms with van der Waals surface area (Å²) in [6.45, 7) is 2.49. The molecule has 2 aromatic carbocycles. The highest BCUT2D eigenvalue weighted by molar-refractivity contribution is 6.05. The number of rotatable bonds is 4. The Morgan fingerprint density at radius 3 is 2.71 bits per heavy atom. The molecule has 122 valence electrons. The molecular weight excluding hydrogens is 300 g/mol. The SMILES string of the molecule is Cc1ccc(C(=O)NC(N)=NCCc2c[nH]c3ccccc23)cc1. The largest absolute Gasteiger partial charge is 0.370 e. The summed E-state index contributed by atoms with van der Waals surface area (Å²) in [4.78, 5) is 19.5. The minimum Gasteiger partial charge on any atom is -0.370 e. The Kier molecular flexibility index (Phi) is 4.61. The summed E-state index contributed by atoms with van der Waals surface area (Å²) in [7, 11) is 0.